The van der Waals surface area contributed by atoms with Crippen molar-refractivity contribution in [1.82, 2.24) is 20.3 Å². The first-order valence-corrected chi connectivity index (χ1v) is 13.3. The molecule has 0 aliphatic rings. The van der Waals surface area contributed by atoms with Gasteiger partial charge in [-0.05, 0) is 59.9 Å². The molecule has 1 unspecified atom stereocenters. The zero-order valence-electron chi connectivity index (χ0n) is 23.1. The number of ether oxygens (including phenoxy) is 1. The number of H-pyrrole nitrogens is 1. The minimum atomic E-state index is -0.451. The molecule has 2 N–H and O–H groups in total. The fourth-order valence-electron chi connectivity index (χ4n) is 5.16. The molecule has 0 bridgehead atoms. The normalized spacial score (nSPS) is 11.6. The van der Waals surface area contributed by atoms with Gasteiger partial charge >= 0.3 is 5.97 Å². The van der Waals surface area contributed by atoms with Crippen molar-refractivity contribution in [2.45, 2.75) is 32.7 Å². The number of hydrogen-bond donors (Lipinski definition) is 2. The first-order valence-electron chi connectivity index (χ1n) is 13.3. The molecule has 204 valence electrons. The van der Waals surface area contributed by atoms with Gasteiger partial charge in [-0.2, -0.15) is 5.26 Å². The smallest absolute Gasteiger partial charge is 0.338 e. The van der Waals surface area contributed by atoms with Crippen molar-refractivity contribution in [3.63, 3.8) is 0 Å². The molecule has 1 atom stereocenters. The van der Waals surface area contributed by atoms with Crippen LogP contribution in [0.15, 0.2) is 79.3 Å². The Labute approximate surface area is 238 Å². The molecule has 8 heteroatoms. The minimum absolute atomic E-state index is 0.118. The van der Waals surface area contributed by atoms with Gasteiger partial charge in [0.05, 0.1) is 48.4 Å². The summed E-state index contributed by atoms with van der Waals surface area (Å²) in [6.45, 7) is 4.18. The Bertz CT molecular complexity index is 1780. The minimum Gasteiger partial charge on any atom is -0.465 e. The van der Waals surface area contributed by atoms with E-state index in [0.29, 0.717) is 27.9 Å². The zero-order chi connectivity index (χ0) is 28.9. The van der Waals surface area contributed by atoms with Crippen molar-refractivity contribution >= 4 is 22.8 Å². The Morgan fingerprint density at radius 1 is 1.05 bits per heavy atom. The van der Waals surface area contributed by atoms with E-state index in [4.69, 9.17) is 4.74 Å². The lowest BCUT2D eigenvalue weighted by molar-refractivity contribution is 0.0600. The van der Waals surface area contributed by atoms with Gasteiger partial charge in [-0.15, -0.1) is 0 Å². The number of esters is 1. The summed E-state index contributed by atoms with van der Waals surface area (Å²) in [5.74, 6) is -0.826. The van der Waals surface area contributed by atoms with Crippen LogP contribution >= 0.6 is 0 Å². The lowest BCUT2D eigenvalue weighted by atomic mass is 9.83. The highest BCUT2D eigenvalue weighted by molar-refractivity contribution is 6.01. The summed E-state index contributed by atoms with van der Waals surface area (Å²) >= 11 is 0. The lowest BCUT2D eigenvalue weighted by Crippen LogP contribution is -2.23. The molecule has 0 aliphatic carbocycles. The second-order valence-electron chi connectivity index (χ2n) is 9.75. The van der Waals surface area contributed by atoms with E-state index in [0.717, 1.165) is 39.7 Å². The highest BCUT2D eigenvalue weighted by Gasteiger charge is 2.26. The summed E-state index contributed by atoms with van der Waals surface area (Å²) in [5, 5.41) is 13.2. The van der Waals surface area contributed by atoms with Gasteiger partial charge in [0, 0.05) is 34.8 Å². The third kappa shape index (κ3) is 5.56. The topological polar surface area (TPSA) is 121 Å². The number of rotatable bonds is 8. The Morgan fingerprint density at radius 2 is 1.88 bits per heavy atom. The number of carbonyl (C=O) groups is 2. The van der Waals surface area contributed by atoms with Crippen LogP contribution in [0, 0.1) is 18.3 Å². The van der Waals surface area contributed by atoms with Crippen molar-refractivity contribution in [2.24, 2.45) is 0 Å². The van der Waals surface area contributed by atoms with E-state index in [-0.39, 0.29) is 18.4 Å². The third-order valence-corrected chi connectivity index (χ3v) is 7.19. The molecule has 0 saturated heterocycles. The van der Waals surface area contributed by atoms with Crippen LogP contribution in [0.4, 0.5) is 0 Å². The van der Waals surface area contributed by atoms with Crippen molar-refractivity contribution in [3.05, 3.63) is 118 Å². The number of aromatic amines is 1. The lowest BCUT2D eigenvalue weighted by Gasteiger charge is -2.21. The van der Waals surface area contributed by atoms with Crippen LogP contribution in [0.2, 0.25) is 0 Å². The van der Waals surface area contributed by atoms with Crippen molar-refractivity contribution in [1.29, 1.82) is 5.26 Å². The van der Waals surface area contributed by atoms with E-state index in [9.17, 15) is 14.9 Å². The highest BCUT2D eigenvalue weighted by atomic mass is 16.5. The number of aryl methyl sites for hydroxylation is 1. The predicted molar refractivity (Wildman–Crippen MR) is 156 cm³/mol. The second kappa shape index (κ2) is 11.8. The van der Waals surface area contributed by atoms with Gasteiger partial charge in [-0.25, -0.2) is 4.79 Å². The van der Waals surface area contributed by atoms with Gasteiger partial charge in [0.1, 0.15) is 0 Å². The zero-order valence-corrected chi connectivity index (χ0v) is 23.1. The Hall–Kier alpha value is -5.29. The number of nitrogens with zero attached hydrogens (tertiary/aromatic N) is 3. The number of nitriles is 1. The molecule has 5 rings (SSSR count). The number of carbonyl (C=O) groups excluding carboxylic acids is 2. The highest BCUT2D eigenvalue weighted by Crippen LogP contribution is 2.38. The summed E-state index contributed by atoms with van der Waals surface area (Å²) in [7, 11) is 1.37. The molecule has 0 aliphatic heterocycles. The largest absolute Gasteiger partial charge is 0.465 e. The van der Waals surface area contributed by atoms with Gasteiger partial charge in [0.15, 0.2) is 0 Å². The SMILES string of the molecule is CCC(c1cccc(-c2cccc(C(=O)NCc3cnc(C)cn3)c2)c1C(=O)OC)c1c[nH]c2cc(C#N)ccc12. The van der Waals surface area contributed by atoms with Crippen LogP contribution in [0.25, 0.3) is 22.0 Å². The molecule has 0 spiro atoms. The Balaban J connectivity index is 1.52. The molecule has 2 heterocycles. The van der Waals surface area contributed by atoms with E-state index >= 15 is 0 Å². The third-order valence-electron chi connectivity index (χ3n) is 7.19. The van der Waals surface area contributed by atoms with Crippen molar-refractivity contribution in [2.75, 3.05) is 7.11 Å². The Morgan fingerprint density at radius 3 is 2.61 bits per heavy atom. The number of nitrogens with one attached hydrogen (secondary N) is 2. The number of aromatic nitrogens is 3. The fraction of sp³-hybridized carbons (Fsp3) is 0.182. The van der Waals surface area contributed by atoms with Crippen molar-refractivity contribution in [3.8, 4) is 17.2 Å². The molecule has 2 aromatic heterocycles. The van der Waals surface area contributed by atoms with Crippen LogP contribution in [-0.4, -0.2) is 33.9 Å². The van der Waals surface area contributed by atoms with E-state index in [1.54, 1.807) is 36.7 Å². The number of hydrogen-bond acceptors (Lipinski definition) is 6. The molecule has 0 radical (unpaired) electrons. The quantitative estimate of drug-likeness (QED) is 0.229. The van der Waals surface area contributed by atoms with Crippen LogP contribution in [0.3, 0.4) is 0 Å². The number of amides is 1. The van der Waals surface area contributed by atoms with Gasteiger partial charge in [0.25, 0.3) is 5.91 Å². The fourth-order valence-corrected chi connectivity index (χ4v) is 5.16. The van der Waals surface area contributed by atoms with Crippen LogP contribution in [-0.2, 0) is 11.3 Å². The molecule has 41 heavy (non-hydrogen) atoms. The molecule has 3 aromatic carbocycles. The molecule has 1 amide bonds. The van der Waals surface area contributed by atoms with E-state index < -0.39 is 5.97 Å². The maximum Gasteiger partial charge on any atom is 0.338 e. The second-order valence-corrected chi connectivity index (χ2v) is 9.75. The van der Waals surface area contributed by atoms with Gasteiger partial charge in [-0.1, -0.05) is 43.3 Å². The molecule has 0 saturated carbocycles. The summed E-state index contributed by atoms with van der Waals surface area (Å²) in [6.07, 6.45) is 5.97. The summed E-state index contributed by atoms with van der Waals surface area (Å²) < 4.78 is 5.27. The maximum absolute atomic E-state index is 13.3. The van der Waals surface area contributed by atoms with E-state index in [1.165, 1.54) is 7.11 Å². The number of methoxy groups -OCH3 is 1. The Kier molecular flexibility index (Phi) is 7.88. The van der Waals surface area contributed by atoms with Gasteiger partial charge in [-0.3, -0.25) is 14.8 Å². The monoisotopic (exact) mass is 543 g/mol. The van der Waals surface area contributed by atoms with Gasteiger partial charge < -0.3 is 15.0 Å². The summed E-state index contributed by atoms with van der Waals surface area (Å²) in [5.41, 5.74) is 7.08. The van der Waals surface area contributed by atoms with Crippen LogP contribution < -0.4 is 5.32 Å². The standard InChI is InChI=1S/C33H29N5O3/c1-4-25(29-19-37-30-13-21(15-34)11-12-27(29)30)28-10-6-9-26(31(28)33(40)41-3)22-7-5-8-23(14-22)32(39)38-18-24-17-35-20(2)16-36-24/h5-14,16-17,19,25,37H,4,18H2,1-3H3,(H,38,39). The van der Waals surface area contributed by atoms with E-state index in [2.05, 4.69) is 33.3 Å². The van der Waals surface area contributed by atoms with Crippen LogP contribution in [0.1, 0.15) is 68.1 Å². The molecule has 5 aromatic rings. The van der Waals surface area contributed by atoms with E-state index in [1.807, 2.05) is 49.5 Å². The van der Waals surface area contributed by atoms with Crippen LogP contribution in [0.5, 0.6) is 0 Å². The average Bonchev–Trinajstić information content (AvgIpc) is 3.43. The maximum atomic E-state index is 13.3. The summed E-state index contributed by atoms with van der Waals surface area (Å²) in [4.78, 5) is 38.1. The predicted octanol–water partition coefficient (Wildman–Crippen LogP) is 6.06. The molecular weight excluding hydrogens is 514 g/mol. The number of benzene rings is 3. The average molecular weight is 544 g/mol. The molecule has 8 nitrogen and oxygen atoms in total. The van der Waals surface area contributed by atoms with Crippen molar-refractivity contribution < 1.29 is 14.3 Å². The summed E-state index contributed by atoms with van der Waals surface area (Å²) in [6, 6.07) is 20.7. The molecular formula is C33H29N5O3. The molecule has 0 fully saturated rings. The first kappa shape index (κ1) is 27.3. The number of fused-ring (bicyclic) bond motifs is 1. The first-order chi connectivity index (χ1) is 19.9. The van der Waals surface area contributed by atoms with Gasteiger partial charge in [0.2, 0.25) is 0 Å².